The largest absolute Gasteiger partial charge is 0.360 e. The Balaban J connectivity index is 2.71. The van der Waals surface area contributed by atoms with E-state index >= 15 is 0 Å². The third-order valence-electron chi connectivity index (χ3n) is 2.25. The van der Waals surface area contributed by atoms with Crippen molar-refractivity contribution in [2.24, 2.45) is 0 Å². The standard InChI is InChI=1S/C12H9NO2/c14-6-2-4-9-3-1-5-11-12(9)10(8-15)7-13-11/h1-8,13H. The third-order valence-corrected chi connectivity index (χ3v) is 2.25. The fraction of sp³-hybridized carbons (Fsp3) is 0. The Morgan fingerprint density at radius 2 is 2.00 bits per heavy atom. The van der Waals surface area contributed by atoms with Gasteiger partial charge >= 0.3 is 0 Å². The number of aromatic nitrogens is 1. The minimum absolute atomic E-state index is 0.608. The van der Waals surface area contributed by atoms with Crippen LogP contribution in [-0.2, 0) is 4.79 Å². The molecular weight excluding hydrogens is 190 g/mol. The molecule has 3 nitrogen and oxygen atoms in total. The molecule has 0 amide bonds. The van der Waals surface area contributed by atoms with Crippen molar-refractivity contribution in [3.8, 4) is 0 Å². The van der Waals surface area contributed by atoms with Crippen molar-refractivity contribution >= 4 is 29.6 Å². The zero-order valence-electron chi connectivity index (χ0n) is 7.94. The van der Waals surface area contributed by atoms with Crippen molar-refractivity contribution in [1.29, 1.82) is 0 Å². The number of hydrogen-bond acceptors (Lipinski definition) is 2. The molecule has 1 N–H and O–H groups in total. The Morgan fingerprint density at radius 3 is 2.73 bits per heavy atom. The molecule has 0 aliphatic rings. The number of aromatic amines is 1. The van der Waals surface area contributed by atoms with Gasteiger partial charge in [0.15, 0.2) is 6.29 Å². The first-order valence-electron chi connectivity index (χ1n) is 4.54. The average Bonchev–Trinajstić information content (AvgIpc) is 2.69. The molecular formula is C12H9NO2. The molecule has 2 rings (SSSR count). The fourth-order valence-electron chi connectivity index (χ4n) is 1.62. The summed E-state index contributed by atoms with van der Waals surface area (Å²) in [6.07, 6.45) is 6.28. The molecule has 3 heteroatoms. The minimum Gasteiger partial charge on any atom is -0.360 e. The van der Waals surface area contributed by atoms with Crippen LogP contribution in [-0.4, -0.2) is 17.6 Å². The molecule has 15 heavy (non-hydrogen) atoms. The lowest BCUT2D eigenvalue weighted by Gasteiger charge is -1.96. The van der Waals surface area contributed by atoms with Crippen LogP contribution in [0.1, 0.15) is 15.9 Å². The van der Waals surface area contributed by atoms with Gasteiger partial charge < -0.3 is 4.98 Å². The highest BCUT2D eigenvalue weighted by atomic mass is 16.1. The van der Waals surface area contributed by atoms with Crippen LogP contribution in [0.2, 0.25) is 0 Å². The number of hydrogen-bond donors (Lipinski definition) is 1. The number of rotatable bonds is 3. The minimum atomic E-state index is 0.608. The second-order valence-electron chi connectivity index (χ2n) is 3.13. The second-order valence-corrected chi connectivity index (χ2v) is 3.13. The molecule has 1 aromatic heterocycles. The summed E-state index contributed by atoms with van der Waals surface area (Å²) in [7, 11) is 0. The van der Waals surface area contributed by atoms with E-state index in [1.807, 2.05) is 18.2 Å². The smallest absolute Gasteiger partial charge is 0.152 e. The van der Waals surface area contributed by atoms with Gasteiger partial charge in [0.2, 0.25) is 0 Å². The van der Waals surface area contributed by atoms with E-state index in [4.69, 9.17) is 0 Å². The summed E-state index contributed by atoms with van der Waals surface area (Å²) in [6.45, 7) is 0. The van der Waals surface area contributed by atoms with Gasteiger partial charge in [-0.3, -0.25) is 9.59 Å². The quantitative estimate of drug-likeness (QED) is 0.608. The van der Waals surface area contributed by atoms with Crippen molar-refractivity contribution < 1.29 is 9.59 Å². The molecule has 0 aliphatic heterocycles. The van der Waals surface area contributed by atoms with Crippen LogP contribution in [0, 0.1) is 0 Å². The van der Waals surface area contributed by atoms with E-state index in [0.717, 1.165) is 22.8 Å². The number of allylic oxidation sites excluding steroid dienone is 1. The number of aldehydes is 2. The van der Waals surface area contributed by atoms with Crippen LogP contribution >= 0.6 is 0 Å². The molecule has 0 saturated heterocycles. The number of carbonyl (C=O) groups is 2. The van der Waals surface area contributed by atoms with Crippen LogP contribution in [0.25, 0.3) is 17.0 Å². The lowest BCUT2D eigenvalue weighted by Crippen LogP contribution is -1.80. The lowest BCUT2D eigenvalue weighted by atomic mass is 10.1. The molecule has 0 aliphatic carbocycles. The zero-order valence-corrected chi connectivity index (χ0v) is 7.94. The molecule has 0 saturated carbocycles. The number of benzene rings is 1. The summed E-state index contributed by atoms with van der Waals surface area (Å²) in [5.41, 5.74) is 2.37. The summed E-state index contributed by atoms with van der Waals surface area (Å²) in [5, 5.41) is 0.852. The predicted molar refractivity (Wildman–Crippen MR) is 58.8 cm³/mol. The molecule has 2 aromatic rings. The van der Waals surface area contributed by atoms with E-state index in [-0.39, 0.29) is 0 Å². The van der Waals surface area contributed by atoms with Gasteiger partial charge in [-0.2, -0.15) is 0 Å². The van der Waals surface area contributed by atoms with Gasteiger partial charge in [-0.05, 0) is 17.7 Å². The molecule has 1 heterocycles. The van der Waals surface area contributed by atoms with E-state index in [9.17, 15) is 9.59 Å². The van der Waals surface area contributed by atoms with Crippen molar-refractivity contribution in [2.45, 2.75) is 0 Å². The SMILES string of the molecule is O=CC=Cc1cccc2[nH]cc(C=O)c12. The maximum absolute atomic E-state index is 10.8. The first-order chi connectivity index (χ1) is 7.36. The van der Waals surface area contributed by atoms with Gasteiger partial charge in [0.25, 0.3) is 0 Å². The lowest BCUT2D eigenvalue weighted by molar-refractivity contribution is -0.104. The normalized spacial score (nSPS) is 10.9. The second kappa shape index (κ2) is 3.92. The van der Waals surface area contributed by atoms with Gasteiger partial charge in [0.05, 0.1) is 0 Å². The van der Waals surface area contributed by atoms with Crippen molar-refractivity contribution in [3.05, 3.63) is 41.6 Å². The highest BCUT2D eigenvalue weighted by Gasteiger charge is 2.05. The van der Waals surface area contributed by atoms with Gasteiger partial charge in [-0.1, -0.05) is 18.2 Å². The Morgan fingerprint density at radius 1 is 1.13 bits per heavy atom. The molecule has 0 fully saturated rings. The number of fused-ring (bicyclic) bond motifs is 1. The van der Waals surface area contributed by atoms with Crippen LogP contribution in [0.15, 0.2) is 30.5 Å². The van der Waals surface area contributed by atoms with Crippen LogP contribution in [0.3, 0.4) is 0 Å². The average molecular weight is 199 g/mol. The first kappa shape index (κ1) is 9.40. The Bertz CT molecular complexity index is 538. The van der Waals surface area contributed by atoms with E-state index in [1.165, 1.54) is 6.08 Å². The van der Waals surface area contributed by atoms with Crippen LogP contribution in [0.4, 0.5) is 0 Å². The summed E-state index contributed by atoms with van der Waals surface area (Å²) in [5.74, 6) is 0. The van der Waals surface area contributed by atoms with Gasteiger partial charge in [0.1, 0.15) is 6.29 Å². The van der Waals surface area contributed by atoms with Crippen molar-refractivity contribution in [2.75, 3.05) is 0 Å². The Labute approximate surface area is 86.4 Å². The maximum Gasteiger partial charge on any atom is 0.152 e. The van der Waals surface area contributed by atoms with Crippen LogP contribution < -0.4 is 0 Å². The van der Waals surface area contributed by atoms with Gasteiger partial charge in [-0.25, -0.2) is 0 Å². The highest BCUT2D eigenvalue weighted by molar-refractivity contribution is 6.02. The monoisotopic (exact) mass is 199 g/mol. The molecule has 0 unspecified atom stereocenters. The topological polar surface area (TPSA) is 49.9 Å². The molecule has 0 bridgehead atoms. The Hall–Kier alpha value is -2.16. The van der Waals surface area contributed by atoms with Crippen LogP contribution in [0.5, 0.6) is 0 Å². The summed E-state index contributed by atoms with van der Waals surface area (Å²) >= 11 is 0. The van der Waals surface area contributed by atoms with Gasteiger partial charge in [0, 0.05) is 22.7 Å². The molecule has 1 aromatic carbocycles. The maximum atomic E-state index is 10.8. The highest BCUT2D eigenvalue weighted by Crippen LogP contribution is 2.22. The van der Waals surface area contributed by atoms with Crippen molar-refractivity contribution in [1.82, 2.24) is 4.98 Å². The third kappa shape index (κ3) is 1.59. The predicted octanol–water partition coefficient (Wildman–Crippen LogP) is 2.19. The van der Waals surface area contributed by atoms with E-state index in [0.29, 0.717) is 11.8 Å². The zero-order chi connectivity index (χ0) is 10.7. The van der Waals surface area contributed by atoms with Crippen molar-refractivity contribution in [3.63, 3.8) is 0 Å². The number of nitrogens with one attached hydrogen (secondary N) is 1. The van der Waals surface area contributed by atoms with E-state index in [1.54, 1.807) is 12.3 Å². The summed E-state index contributed by atoms with van der Waals surface area (Å²) in [6, 6.07) is 5.63. The number of carbonyl (C=O) groups excluding carboxylic acids is 2. The molecule has 0 spiro atoms. The molecule has 0 atom stereocenters. The summed E-state index contributed by atoms with van der Waals surface area (Å²) < 4.78 is 0. The van der Waals surface area contributed by atoms with E-state index in [2.05, 4.69) is 4.98 Å². The Kier molecular flexibility index (Phi) is 2.46. The fourth-order valence-corrected chi connectivity index (χ4v) is 1.62. The molecule has 0 radical (unpaired) electrons. The number of H-pyrrole nitrogens is 1. The van der Waals surface area contributed by atoms with Gasteiger partial charge in [-0.15, -0.1) is 0 Å². The summed E-state index contributed by atoms with van der Waals surface area (Å²) in [4.78, 5) is 24.0. The van der Waals surface area contributed by atoms with E-state index < -0.39 is 0 Å². The first-order valence-corrected chi connectivity index (χ1v) is 4.54. The molecule has 74 valence electrons.